The van der Waals surface area contributed by atoms with Crippen molar-refractivity contribution in [3.05, 3.63) is 69.5 Å². The Morgan fingerprint density at radius 2 is 1.72 bits per heavy atom. The molecule has 1 aliphatic rings. The molecule has 0 aromatic heterocycles. The molecule has 170 valence electrons. The average Bonchev–Trinajstić information content (AvgIpc) is 2.79. The molecule has 0 saturated carbocycles. The van der Waals surface area contributed by atoms with E-state index in [4.69, 9.17) is 27.9 Å². The summed E-state index contributed by atoms with van der Waals surface area (Å²) in [7, 11) is 1.61. The number of likely N-dealkylation sites (N-methyl/N-ethyl adjacent to an activating group) is 1. The Hall–Kier alpha value is -2.64. The molecular weight excluding hydrogens is 458 g/mol. The van der Waals surface area contributed by atoms with E-state index >= 15 is 0 Å². The molecule has 2 amide bonds. The predicted molar refractivity (Wildman–Crippen MR) is 119 cm³/mol. The highest BCUT2D eigenvalue weighted by Crippen LogP contribution is 2.23. The molecule has 3 rings (SSSR count). The van der Waals surface area contributed by atoms with Crippen molar-refractivity contribution in [2.45, 2.75) is 19.4 Å². The van der Waals surface area contributed by atoms with Gasteiger partial charge in [0.1, 0.15) is 5.82 Å². The lowest BCUT2D eigenvalue weighted by molar-refractivity contribution is -0.156. The number of halogens is 3. The first-order valence-electron chi connectivity index (χ1n) is 10.1. The summed E-state index contributed by atoms with van der Waals surface area (Å²) in [4.78, 5) is 40.3. The normalized spacial score (nSPS) is 14.2. The molecule has 1 saturated heterocycles. The van der Waals surface area contributed by atoms with Gasteiger partial charge < -0.3 is 14.5 Å². The summed E-state index contributed by atoms with van der Waals surface area (Å²) in [5.74, 6) is -1.76. The topological polar surface area (TPSA) is 66.9 Å². The number of ether oxygens (including phenoxy) is 1. The molecule has 0 atom stereocenters. The van der Waals surface area contributed by atoms with Crippen molar-refractivity contribution < 1.29 is 23.5 Å². The molecule has 1 heterocycles. The summed E-state index contributed by atoms with van der Waals surface area (Å²) in [6, 6.07) is 10.5. The lowest BCUT2D eigenvalue weighted by Crippen LogP contribution is -2.41. The number of likely N-dealkylation sites (tertiary alicyclic amines) is 1. The van der Waals surface area contributed by atoms with Crippen LogP contribution in [0.25, 0.3) is 0 Å². The Labute approximate surface area is 195 Å². The zero-order valence-electron chi connectivity index (χ0n) is 17.5. The van der Waals surface area contributed by atoms with Gasteiger partial charge in [0.15, 0.2) is 6.61 Å². The van der Waals surface area contributed by atoms with Crippen LogP contribution in [0.2, 0.25) is 10.0 Å². The number of amides is 2. The number of hydrogen-bond acceptors (Lipinski definition) is 4. The van der Waals surface area contributed by atoms with Crippen molar-refractivity contribution in [3.8, 4) is 0 Å². The number of benzene rings is 2. The highest BCUT2D eigenvalue weighted by molar-refractivity contribution is 6.42. The molecule has 0 N–H and O–H groups in total. The fourth-order valence-corrected chi connectivity index (χ4v) is 3.77. The maximum Gasteiger partial charge on any atom is 0.309 e. The number of esters is 1. The molecule has 2 aromatic rings. The zero-order valence-corrected chi connectivity index (χ0v) is 19.0. The first kappa shape index (κ1) is 24.0. The van der Waals surface area contributed by atoms with E-state index in [1.54, 1.807) is 30.1 Å². The quantitative estimate of drug-likeness (QED) is 0.581. The van der Waals surface area contributed by atoms with Crippen molar-refractivity contribution in [2.75, 3.05) is 26.7 Å². The Bertz CT molecular complexity index is 992. The maximum absolute atomic E-state index is 13.0. The number of carbonyl (C=O) groups excluding carboxylic acids is 3. The molecule has 0 unspecified atom stereocenters. The number of nitrogens with zero attached hydrogens (tertiary/aromatic N) is 2. The van der Waals surface area contributed by atoms with Crippen LogP contribution in [0.4, 0.5) is 4.39 Å². The fraction of sp³-hybridized carbons (Fsp3) is 0.348. The molecule has 32 heavy (non-hydrogen) atoms. The first-order valence-corrected chi connectivity index (χ1v) is 10.9. The number of carbonyl (C=O) groups is 3. The third-order valence-corrected chi connectivity index (χ3v) is 6.11. The predicted octanol–water partition coefficient (Wildman–Crippen LogP) is 4.19. The van der Waals surface area contributed by atoms with Gasteiger partial charge >= 0.3 is 5.97 Å². The van der Waals surface area contributed by atoms with Gasteiger partial charge in [0, 0.05) is 32.2 Å². The average molecular weight is 481 g/mol. The highest BCUT2D eigenvalue weighted by atomic mass is 35.5. The van der Waals surface area contributed by atoms with Crippen LogP contribution in [0.5, 0.6) is 0 Å². The Morgan fingerprint density at radius 3 is 2.34 bits per heavy atom. The van der Waals surface area contributed by atoms with Crippen LogP contribution in [-0.2, 0) is 20.9 Å². The van der Waals surface area contributed by atoms with E-state index < -0.39 is 11.8 Å². The summed E-state index contributed by atoms with van der Waals surface area (Å²) < 4.78 is 18.3. The summed E-state index contributed by atoms with van der Waals surface area (Å²) >= 11 is 11.9. The van der Waals surface area contributed by atoms with Crippen molar-refractivity contribution in [1.82, 2.24) is 9.80 Å². The van der Waals surface area contributed by atoms with Gasteiger partial charge in [-0.25, -0.2) is 4.39 Å². The molecular formula is C23H23Cl2FN2O4. The van der Waals surface area contributed by atoms with E-state index in [0.717, 1.165) is 5.56 Å². The van der Waals surface area contributed by atoms with Crippen molar-refractivity contribution >= 4 is 41.0 Å². The number of piperidine rings is 1. The first-order chi connectivity index (χ1) is 15.2. The van der Waals surface area contributed by atoms with Crippen molar-refractivity contribution in [3.63, 3.8) is 0 Å². The molecule has 6 nitrogen and oxygen atoms in total. The maximum atomic E-state index is 13.0. The van der Waals surface area contributed by atoms with Gasteiger partial charge in [-0.1, -0.05) is 29.3 Å². The van der Waals surface area contributed by atoms with E-state index in [1.807, 2.05) is 0 Å². The van der Waals surface area contributed by atoms with Gasteiger partial charge in [-0.05, 0) is 54.8 Å². The molecule has 2 aromatic carbocycles. The van der Waals surface area contributed by atoms with Crippen LogP contribution in [0.1, 0.15) is 28.8 Å². The van der Waals surface area contributed by atoms with Gasteiger partial charge in [-0.15, -0.1) is 0 Å². The van der Waals surface area contributed by atoms with Crippen LogP contribution in [0.3, 0.4) is 0 Å². The van der Waals surface area contributed by atoms with Crippen LogP contribution in [-0.4, -0.2) is 54.3 Å². The van der Waals surface area contributed by atoms with Crippen molar-refractivity contribution in [2.24, 2.45) is 5.92 Å². The smallest absolute Gasteiger partial charge is 0.309 e. The lowest BCUT2D eigenvalue weighted by Gasteiger charge is -2.31. The number of rotatable bonds is 6. The SMILES string of the molecule is CN(Cc1ccc(Cl)c(Cl)c1)C(=O)COC(=O)C1CCN(C(=O)c2ccc(F)cc2)CC1. The highest BCUT2D eigenvalue weighted by Gasteiger charge is 2.29. The van der Waals surface area contributed by atoms with Crippen molar-refractivity contribution in [1.29, 1.82) is 0 Å². The second-order valence-electron chi connectivity index (χ2n) is 7.68. The minimum atomic E-state index is -0.449. The van der Waals surface area contributed by atoms with E-state index in [2.05, 4.69) is 0 Å². The van der Waals surface area contributed by atoms with E-state index in [-0.39, 0.29) is 24.3 Å². The second-order valence-corrected chi connectivity index (χ2v) is 8.49. The van der Waals surface area contributed by atoms with E-state index in [1.165, 1.54) is 29.2 Å². The lowest BCUT2D eigenvalue weighted by atomic mass is 9.96. The van der Waals surface area contributed by atoms with E-state index in [9.17, 15) is 18.8 Å². The molecule has 0 bridgehead atoms. The van der Waals surface area contributed by atoms with Gasteiger partial charge in [-0.2, -0.15) is 0 Å². The third-order valence-electron chi connectivity index (χ3n) is 5.37. The molecule has 0 aliphatic carbocycles. The number of hydrogen-bond donors (Lipinski definition) is 0. The van der Waals surface area contributed by atoms with Gasteiger partial charge in [-0.3, -0.25) is 14.4 Å². The van der Waals surface area contributed by atoms with Crippen LogP contribution in [0, 0.1) is 11.7 Å². The third kappa shape index (κ3) is 6.20. The molecule has 9 heteroatoms. The monoisotopic (exact) mass is 480 g/mol. The minimum Gasteiger partial charge on any atom is -0.455 e. The molecule has 1 fully saturated rings. The van der Waals surface area contributed by atoms with Crippen LogP contribution < -0.4 is 0 Å². The minimum absolute atomic E-state index is 0.198. The molecule has 1 aliphatic heterocycles. The summed E-state index contributed by atoms with van der Waals surface area (Å²) in [6.07, 6.45) is 0.887. The Kier molecular flexibility index (Phi) is 8.10. The van der Waals surface area contributed by atoms with Gasteiger partial charge in [0.2, 0.25) is 0 Å². The standard InChI is InChI=1S/C23H23Cl2FN2O4/c1-27(13-15-2-7-19(24)20(25)12-15)21(29)14-32-23(31)17-8-10-28(11-9-17)22(30)16-3-5-18(26)6-4-16/h2-7,12,17H,8-11,13-14H2,1H3. The largest absolute Gasteiger partial charge is 0.455 e. The van der Waals surface area contributed by atoms with Crippen LogP contribution >= 0.6 is 23.2 Å². The summed E-state index contributed by atoms with van der Waals surface area (Å²) in [5.41, 5.74) is 1.21. The second kappa shape index (κ2) is 10.8. The van der Waals surface area contributed by atoms with Crippen LogP contribution in [0.15, 0.2) is 42.5 Å². The summed E-state index contributed by atoms with van der Waals surface area (Å²) in [6.45, 7) is 0.727. The molecule has 0 spiro atoms. The van der Waals surface area contributed by atoms with Gasteiger partial charge in [0.05, 0.1) is 16.0 Å². The fourth-order valence-electron chi connectivity index (χ4n) is 3.45. The zero-order chi connectivity index (χ0) is 23.3. The molecule has 0 radical (unpaired) electrons. The Morgan fingerprint density at radius 1 is 1.06 bits per heavy atom. The summed E-state index contributed by atoms with van der Waals surface area (Å²) in [5, 5.41) is 0.837. The van der Waals surface area contributed by atoms with E-state index in [0.29, 0.717) is 48.1 Å². The van der Waals surface area contributed by atoms with Gasteiger partial charge in [0.25, 0.3) is 11.8 Å². The Balaban J connectivity index is 1.43.